The van der Waals surface area contributed by atoms with Crippen molar-refractivity contribution in [2.45, 2.75) is 35.5 Å². The Hall–Kier alpha value is -2.78. The summed E-state index contributed by atoms with van der Waals surface area (Å²) in [7, 11) is 2.03. The number of halogens is 1. The van der Waals surface area contributed by atoms with E-state index in [0.717, 1.165) is 65.8 Å². The second-order valence-electron chi connectivity index (χ2n) is 9.01. The van der Waals surface area contributed by atoms with Crippen LogP contribution in [0, 0.1) is 5.41 Å². The van der Waals surface area contributed by atoms with Gasteiger partial charge in [-0.15, -0.1) is 0 Å². The minimum Gasteiger partial charge on any atom is -0.382 e. The monoisotopic (exact) mass is 475 g/mol. The van der Waals surface area contributed by atoms with Crippen LogP contribution in [-0.2, 0) is 12.8 Å². The molecule has 166 valence electrons. The van der Waals surface area contributed by atoms with E-state index >= 15 is 0 Å². The smallest absolute Gasteiger partial charge is 0.210 e. The Morgan fingerprint density at radius 3 is 2.73 bits per heavy atom. The molecule has 0 atom stereocenters. The number of nitrogens with two attached hydrogens (primary N) is 1. The number of piperidine rings is 1. The van der Waals surface area contributed by atoms with Crippen LogP contribution in [0.4, 0.5) is 11.8 Å². The van der Waals surface area contributed by atoms with Crippen LogP contribution in [0.2, 0.25) is 5.02 Å². The molecule has 33 heavy (non-hydrogen) atoms. The molecule has 1 fully saturated rings. The molecule has 7 nitrogen and oxygen atoms in total. The quantitative estimate of drug-likeness (QED) is 0.456. The average Bonchev–Trinajstić information content (AvgIpc) is 3.44. The Morgan fingerprint density at radius 1 is 1.06 bits per heavy atom. The number of aromatic nitrogens is 5. The summed E-state index contributed by atoms with van der Waals surface area (Å²) in [5.41, 5.74) is 10.8. The normalized spacial score (nSPS) is 17.1. The lowest BCUT2D eigenvalue weighted by atomic mass is 9.76. The molecule has 4 aromatic rings. The third-order valence-corrected chi connectivity index (χ3v) is 8.70. The standard InChI is InChI=1S/C23H23BClN7S/c24-19-18(33-16-3-7-28-20(26)17(16)25)21-29-8-11-32(21)22(30-19)31-9-4-23(5-10-31)12-14-2-1-6-27-15(14)13-23/h1-3,6-8,11H,4-5,9-10,12-13,24H2,(H2,26,28). The molecule has 0 saturated carbocycles. The highest BCUT2D eigenvalue weighted by atomic mass is 35.5. The van der Waals surface area contributed by atoms with Crippen LogP contribution in [0.3, 0.4) is 0 Å². The third-order valence-electron chi connectivity index (χ3n) is 6.95. The maximum Gasteiger partial charge on any atom is 0.210 e. The molecule has 0 aromatic carbocycles. The van der Waals surface area contributed by atoms with Crippen LogP contribution in [0.15, 0.2) is 52.8 Å². The molecule has 0 bridgehead atoms. The largest absolute Gasteiger partial charge is 0.382 e. The van der Waals surface area contributed by atoms with E-state index in [1.165, 1.54) is 23.0 Å². The maximum absolute atomic E-state index is 6.40. The summed E-state index contributed by atoms with van der Waals surface area (Å²) in [5.74, 6) is 1.28. The van der Waals surface area contributed by atoms with Crippen LogP contribution in [0.5, 0.6) is 0 Å². The van der Waals surface area contributed by atoms with Crippen molar-refractivity contribution >= 4 is 54.2 Å². The number of pyridine rings is 2. The highest BCUT2D eigenvalue weighted by molar-refractivity contribution is 7.99. The van der Waals surface area contributed by atoms with Gasteiger partial charge in [0.2, 0.25) is 5.95 Å². The molecular formula is C23H23BClN7S. The first-order chi connectivity index (χ1) is 16.0. The van der Waals surface area contributed by atoms with Gasteiger partial charge in [0.1, 0.15) is 5.82 Å². The predicted octanol–water partition coefficient (Wildman–Crippen LogP) is 2.55. The molecule has 5 heterocycles. The van der Waals surface area contributed by atoms with E-state index in [1.807, 2.05) is 32.5 Å². The van der Waals surface area contributed by atoms with E-state index in [2.05, 4.69) is 36.4 Å². The van der Waals surface area contributed by atoms with E-state index in [-0.39, 0.29) is 0 Å². The molecular weight excluding hydrogens is 453 g/mol. The minimum atomic E-state index is 0.328. The van der Waals surface area contributed by atoms with Crippen molar-refractivity contribution in [3.63, 3.8) is 0 Å². The molecule has 0 radical (unpaired) electrons. The number of hydrogen-bond acceptors (Lipinski definition) is 7. The number of nitrogens with zero attached hydrogens (tertiary/aromatic N) is 6. The molecule has 2 aliphatic rings. The average molecular weight is 476 g/mol. The van der Waals surface area contributed by atoms with Gasteiger partial charge in [0.15, 0.2) is 13.5 Å². The Kier molecular flexibility index (Phi) is 4.99. The second kappa shape index (κ2) is 7.92. The lowest BCUT2D eigenvalue weighted by molar-refractivity contribution is 0.230. The van der Waals surface area contributed by atoms with Gasteiger partial charge in [-0.1, -0.05) is 29.4 Å². The molecule has 0 unspecified atom stereocenters. The van der Waals surface area contributed by atoms with Crippen LogP contribution in [0.25, 0.3) is 5.65 Å². The van der Waals surface area contributed by atoms with E-state index in [4.69, 9.17) is 22.3 Å². The fraction of sp³-hybridized carbons (Fsp3) is 0.304. The number of fused-ring (bicyclic) bond motifs is 2. The van der Waals surface area contributed by atoms with E-state index < -0.39 is 0 Å². The lowest BCUT2D eigenvalue weighted by Gasteiger charge is -2.40. The van der Waals surface area contributed by atoms with Crippen molar-refractivity contribution in [2.75, 3.05) is 23.7 Å². The van der Waals surface area contributed by atoms with Gasteiger partial charge in [-0.2, -0.15) is 0 Å². The number of hydrogen-bond donors (Lipinski definition) is 1. The van der Waals surface area contributed by atoms with Crippen molar-refractivity contribution in [1.29, 1.82) is 0 Å². The van der Waals surface area contributed by atoms with Gasteiger partial charge in [-0.25, -0.2) is 15.0 Å². The van der Waals surface area contributed by atoms with E-state index in [0.29, 0.717) is 16.3 Å². The van der Waals surface area contributed by atoms with Gasteiger partial charge in [0.25, 0.3) is 0 Å². The number of imidazole rings is 1. The lowest BCUT2D eigenvalue weighted by Crippen LogP contribution is -2.42. The topological polar surface area (TPSA) is 85.2 Å². The van der Waals surface area contributed by atoms with Crippen molar-refractivity contribution in [3.8, 4) is 0 Å². The Morgan fingerprint density at radius 2 is 1.91 bits per heavy atom. The highest BCUT2D eigenvalue weighted by Crippen LogP contribution is 2.44. The summed E-state index contributed by atoms with van der Waals surface area (Å²) >= 11 is 7.93. The van der Waals surface area contributed by atoms with Gasteiger partial charge < -0.3 is 10.6 Å². The molecule has 1 aliphatic heterocycles. The predicted molar refractivity (Wildman–Crippen MR) is 134 cm³/mol. The summed E-state index contributed by atoms with van der Waals surface area (Å²) in [6.07, 6.45) is 11.9. The molecule has 1 spiro atoms. The van der Waals surface area contributed by atoms with Crippen molar-refractivity contribution < 1.29 is 0 Å². The molecule has 4 aromatic heterocycles. The molecule has 10 heteroatoms. The van der Waals surface area contributed by atoms with Crippen LogP contribution >= 0.6 is 23.4 Å². The molecule has 2 N–H and O–H groups in total. The number of anilines is 2. The van der Waals surface area contributed by atoms with Gasteiger partial charge in [0, 0.05) is 54.1 Å². The SMILES string of the molecule is Bc1nc(N2CCC3(CC2)Cc2cccnc2C3)n2ccnc2c1Sc1ccnc(N)c1Cl. The van der Waals surface area contributed by atoms with Gasteiger partial charge in [-0.3, -0.25) is 9.38 Å². The zero-order valence-electron chi connectivity index (χ0n) is 18.3. The third kappa shape index (κ3) is 3.54. The number of nitrogen functional groups attached to an aromatic ring is 1. The van der Waals surface area contributed by atoms with Crippen molar-refractivity contribution in [1.82, 2.24) is 24.3 Å². The summed E-state index contributed by atoms with van der Waals surface area (Å²) < 4.78 is 2.09. The Labute approximate surface area is 202 Å². The maximum atomic E-state index is 6.40. The summed E-state index contributed by atoms with van der Waals surface area (Å²) in [4.78, 5) is 22.6. The summed E-state index contributed by atoms with van der Waals surface area (Å²) in [6.45, 7) is 1.96. The van der Waals surface area contributed by atoms with Crippen LogP contribution < -0.4 is 16.2 Å². The minimum absolute atomic E-state index is 0.328. The molecule has 1 saturated heterocycles. The van der Waals surface area contributed by atoms with Crippen LogP contribution in [0.1, 0.15) is 24.1 Å². The molecule has 6 rings (SSSR count). The van der Waals surface area contributed by atoms with Crippen LogP contribution in [-0.4, -0.2) is 45.3 Å². The van der Waals surface area contributed by atoms with E-state index in [9.17, 15) is 0 Å². The molecule has 0 amide bonds. The van der Waals surface area contributed by atoms with Gasteiger partial charge in [-0.05, 0) is 48.8 Å². The van der Waals surface area contributed by atoms with Gasteiger partial charge in [0.05, 0.1) is 9.92 Å². The summed E-state index contributed by atoms with van der Waals surface area (Å²) in [6, 6.07) is 6.17. The van der Waals surface area contributed by atoms with Crippen molar-refractivity contribution in [3.05, 3.63) is 59.3 Å². The fourth-order valence-electron chi connectivity index (χ4n) is 5.17. The second-order valence-corrected chi connectivity index (χ2v) is 10.4. The first kappa shape index (κ1) is 20.8. The molecule has 1 aliphatic carbocycles. The fourth-order valence-corrected chi connectivity index (χ4v) is 6.38. The Balaban J connectivity index is 1.28. The highest BCUT2D eigenvalue weighted by Gasteiger charge is 2.41. The van der Waals surface area contributed by atoms with E-state index in [1.54, 1.807) is 6.20 Å². The first-order valence-electron chi connectivity index (χ1n) is 11.1. The van der Waals surface area contributed by atoms with Gasteiger partial charge >= 0.3 is 0 Å². The summed E-state index contributed by atoms with van der Waals surface area (Å²) in [5, 5.41) is 0.462. The zero-order valence-corrected chi connectivity index (χ0v) is 19.9. The Bertz CT molecular complexity index is 1340. The first-order valence-corrected chi connectivity index (χ1v) is 12.3. The van der Waals surface area contributed by atoms with Crippen molar-refractivity contribution in [2.24, 2.45) is 5.41 Å². The zero-order chi connectivity index (χ0) is 22.6. The number of rotatable bonds is 3.